The summed E-state index contributed by atoms with van der Waals surface area (Å²) in [7, 11) is 0. The molecule has 0 spiro atoms. The van der Waals surface area contributed by atoms with Gasteiger partial charge in [0.25, 0.3) is 0 Å². The third kappa shape index (κ3) is 5.51. The zero-order valence-corrected chi connectivity index (χ0v) is 23.6. The van der Waals surface area contributed by atoms with Gasteiger partial charge in [0.05, 0.1) is 0 Å². The second-order valence-corrected chi connectivity index (χ2v) is 8.64. The van der Waals surface area contributed by atoms with Crippen LogP contribution in [0.15, 0.2) is 121 Å². The first-order chi connectivity index (χ1) is 17.8. The molecule has 0 aliphatic rings. The molecule has 6 aromatic carbocycles. The van der Waals surface area contributed by atoms with Gasteiger partial charge in [-0.3, -0.25) is 0 Å². The van der Waals surface area contributed by atoms with E-state index < -0.39 is 0 Å². The van der Waals surface area contributed by atoms with Gasteiger partial charge in [0.2, 0.25) is 0 Å². The third-order valence-corrected chi connectivity index (χ3v) is 6.24. The van der Waals surface area contributed by atoms with Gasteiger partial charge in [-0.15, -0.1) is 103 Å². The summed E-state index contributed by atoms with van der Waals surface area (Å²) in [6.45, 7) is 0. The van der Waals surface area contributed by atoms with E-state index in [1.807, 2.05) is 72.8 Å². The fourth-order valence-electron chi connectivity index (χ4n) is 4.45. The van der Waals surface area contributed by atoms with Gasteiger partial charge in [-0.05, 0) is 35.6 Å². The summed E-state index contributed by atoms with van der Waals surface area (Å²) in [5.41, 5.74) is 5.69. The minimum atomic E-state index is 0. The normalized spacial score (nSPS) is 10.5. The van der Waals surface area contributed by atoms with E-state index in [4.69, 9.17) is 0 Å². The predicted octanol–water partition coefficient (Wildman–Crippen LogP) is 0.591. The van der Waals surface area contributed by atoms with E-state index in [2.05, 4.69) is 68.9 Å². The third-order valence-electron chi connectivity index (χ3n) is 6.24. The van der Waals surface area contributed by atoms with Gasteiger partial charge in [0.15, 0.2) is 0 Å². The molecule has 0 saturated carbocycles. The van der Waals surface area contributed by atoms with Crippen LogP contribution in [-0.4, -0.2) is 30.0 Å². The van der Waals surface area contributed by atoms with Crippen LogP contribution in [0.25, 0.3) is 55.0 Å². The number of aromatic nitrogens is 6. The summed E-state index contributed by atoms with van der Waals surface area (Å²) >= 11 is 0. The maximum atomic E-state index is 4.48. The molecule has 6 nitrogen and oxygen atoms in total. The van der Waals surface area contributed by atoms with Crippen LogP contribution in [0.4, 0.5) is 0 Å². The molecule has 0 N–H and O–H groups in total. The number of hydrogen-bond acceptors (Lipinski definition) is 4. The SMILES string of the molecule is [Cl-].[Cl-].[Ti+4].c1ccc2[cH-]c(-n3nc4ccccc4n3)cc2c1.c1ccc2[cH-]c(-n3nc4ccccc4n3)cc2c1. The molecule has 188 valence electrons. The van der Waals surface area contributed by atoms with E-state index in [0.717, 1.165) is 33.4 Å². The predicted molar refractivity (Wildman–Crippen MR) is 144 cm³/mol. The first-order valence-corrected chi connectivity index (χ1v) is 11.8. The largest absolute Gasteiger partial charge is 4.00 e. The van der Waals surface area contributed by atoms with Crippen molar-refractivity contribution < 1.29 is 46.5 Å². The van der Waals surface area contributed by atoms with Gasteiger partial charge >= 0.3 is 21.7 Å². The molecule has 0 saturated heterocycles. The minimum Gasteiger partial charge on any atom is -1.00 e. The van der Waals surface area contributed by atoms with Gasteiger partial charge in [-0.1, -0.05) is 36.4 Å². The fraction of sp³-hybridized carbons (Fsp3) is 0. The second kappa shape index (κ2) is 11.9. The quantitative estimate of drug-likeness (QED) is 0.221. The van der Waals surface area contributed by atoms with Crippen molar-refractivity contribution in [1.29, 1.82) is 0 Å². The summed E-state index contributed by atoms with van der Waals surface area (Å²) in [5.74, 6) is 0. The maximum Gasteiger partial charge on any atom is 4.00 e. The summed E-state index contributed by atoms with van der Waals surface area (Å²) in [6.07, 6.45) is 0. The Bertz CT molecular complexity index is 1560. The van der Waals surface area contributed by atoms with Crippen LogP contribution < -0.4 is 24.8 Å². The van der Waals surface area contributed by atoms with Crippen LogP contribution in [0.1, 0.15) is 0 Å². The first-order valence-electron chi connectivity index (χ1n) is 11.8. The number of rotatable bonds is 2. The van der Waals surface area contributed by atoms with Crippen LogP contribution in [-0.2, 0) is 21.7 Å². The van der Waals surface area contributed by atoms with E-state index in [0.29, 0.717) is 0 Å². The van der Waals surface area contributed by atoms with Crippen molar-refractivity contribution in [1.82, 2.24) is 30.0 Å². The number of nitrogens with zero attached hydrogens (tertiary/aromatic N) is 6. The molecule has 0 atom stereocenters. The Hall–Kier alpha value is -3.81. The number of benzene rings is 4. The van der Waals surface area contributed by atoms with Gasteiger partial charge in [-0.25, -0.2) is 0 Å². The van der Waals surface area contributed by atoms with Crippen molar-refractivity contribution >= 4 is 43.6 Å². The Morgan fingerprint density at radius 3 is 1.08 bits per heavy atom. The molecule has 0 aliphatic heterocycles. The molecular formula is C30H20Cl2N6Ti. The van der Waals surface area contributed by atoms with Crippen molar-refractivity contribution in [2.45, 2.75) is 0 Å². The van der Waals surface area contributed by atoms with Crippen molar-refractivity contribution in [2.75, 3.05) is 0 Å². The molecule has 8 aromatic rings. The van der Waals surface area contributed by atoms with Crippen molar-refractivity contribution in [2.24, 2.45) is 0 Å². The molecule has 0 amide bonds. The van der Waals surface area contributed by atoms with E-state index in [-0.39, 0.29) is 46.5 Å². The molecule has 8 rings (SSSR count). The summed E-state index contributed by atoms with van der Waals surface area (Å²) in [5, 5.41) is 22.8. The molecule has 2 heterocycles. The maximum absolute atomic E-state index is 4.48. The molecule has 2 aromatic heterocycles. The Kier molecular flexibility index (Phi) is 8.63. The van der Waals surface area contributed by atoms with Crippen LogP contribution in [0.2, 0.25) is 0 Å². The van der Waals surface area contributed by atoms with Crippen LogP contribution in [0.3, 0.4) is 0 Å². The molecule has 9 heteroatoms. The monoisotopic (exact) mass is 582 g/mol. The van der Waals surface area contributed by atoms with Crippen molar-refractivity contribution in [3.8, 4) is 11.4 Å². The van der Waals surface area contributed by atoms with Crippen LogP contribution >= 0.6 is 0 Å². The molecule has 0 bridgehead atoms. The summed E-state index contributed by atoms with van der Waals surface area (Å²) < 4.78 is 0. The molecular weight excluding hydrogens is 563 g/mol. The van der Waals surface area contributed by atoms with Gasteiger partial charge in [-0.2, -0.15) is 9.59 Å². The van der Waals surface area contributed by atoms with Crippen LogP contribution in [0.5, 0.6) is 0 Å². The van der Waals surface area contributed by atoms with Crippen molar-refractivity contribution in [3.63, 3.8) is 0 Å². The zero-order valence-electron chi connectivity index (χ0n) is 20.5. The van der Waals surface area contributed by atoms with E-state index >= 15 is 0 Å². The first kappa shape index (κ1) is 28.2. The smallest absolute Gasteiger partial charge is 1.00 e. The molecule has 0 unspecified atom stereocenters. The molecule has 39 heavy (non-hydrogen) atoms. The number of hydrogen-bond donors (Lipinski definition) is 0. The van der Waals surface area contributed by atoms with E-state index in [1.54, 1.807) is 9.59 Å². The summed E-state index contributed by atoms with van der Waals surface area (Å²) in [4.78, 5) is 3.40. The minimum absolute atomic E-state index is 0. The zero-order chi connectivity index (χ0) is 23.9. The Labute approximate surface area is 251 Å². The topological polar surface area (TPSA) is 61.4 Å². The van der Waals surface area contributed by atoms with Gasteiger partial charge < -0.3 is 24.8 Å². The number of fused-ring (bicyclic) bond motifs is 4. The Morgan fingerprint density at radius 1 is 0.436 bits per heavy atom. The van der Waals surface area contributed by atoms with E-state index in [1.165, 1.54) is 21.5 Å². The van der Waals surface area contributed by atoms with Gasteiger partial charge in [0.1, 0.15) is 22.1 Å². The fourth-order valence-corrected chi connectivity index (χ4v) is 4.45. The van der Waals surface area contributed by atoms with Crippen LogP contribution in [0, 0.1) is 0 Å². The molecule has 0 radical (unpaired) electrons. The summed E-state index contributed by atoms with van der Waals surface area (Å²) in [6, 6.07) is 40.8. The molecule has 0 fully saturated rings. The standard InChI is InChI=1S/2C15H10N3.2ClH.Ti/c2*1-2-6-12-10-13(9-11(12)5-1)18-16-14-7-3-4-8-15(14)17-18;;;/h2*1-10H;2*1H;/q2*-1;;;+4/p-2. The molecule has 0 aliphatic carbocycles. The Balaban J connectivity index is 0.000000168. The van der Waals surface area contributed by atoms with E-state index in [9.17, 15) is 0 Å². The second-order valence-electron chi connectivity index (χ2n) is 8.64. The number of halogens is 2. The Morgan fingerprint density at radius 2 is 0.744 bits per heavy atom. The average molecular weight is 583 g/mol. The van der Waals surface area contributed by atoms with Crippen molar-refractivity contribution in [3.05, 3.63) is 121 Å². The average Bonchev–Trinajstić information content (AvgIpc) is 3.70. The van der Waals surface area contributed by atoms with Gasteiger partial charge in [0, 0.05) is 0 Å².